The van der Waals surface area contributed by atoms with E-state index in [4.69, 9.17) is 16.3 Å². The molecule has 32 heavy (non-hydrogen) atoms. The number of piperazine rings is 1. The molecule has 0 saturated carbocycles. The summed E-state index contributed by atoms with van der Waals surface area (Å²) >= 11 is 5.95. The normalized spacial score (nSPS) is 14.8. The second-order valence-corrected chi connectivity index (χ2v) is 9.55. The summed E-state index contributed by atoms with van der Waals surface area (Å²) in [4.78, 5) is 24.6. The number of anilines is 1. The van der Waals surface area contributed by atoms with Gasteiger partial charge in [-0.15, -0.1) is 0 Å². The Morgan fingerprint density at radius 3 is 2.53 bits per heavy atom. The van der Waals surface area contributed by atoms with Gasteiger partial charge in [0, 0.05) is 44.9 Å². The van der Waals surface area contributed by atoms with Crippen LogP contribution in [-0.4, -0.2) is 69.1 Å². The van der Waals surface area contributed by atoms with Gasteiger partial charge in [0.05, 0.1) is 34.1 Å². The summed E-state index contributed by atoms with van der Waals surface area (Å²) in [5.74, 6) is -0.235. The fourth-order valence-corrected chi connectivity index (χ4v) is 4.96. The van der Waals surface area contributed by atoms with Gasteiger partial charge in [0.15, 0.2) is 0 Å². The van der Waals surface area contributed by atoms with Crippen molar-refractivity contribution in [1.29, 1.82) is 0 Å². The first-order valence-corrected chi connectivity index (χ1v) is 11.8. The van der Waals surface area contributed by atoms with Gasteiger partial charge in [-0.05, 0) is 18.2 Å². The van der Waals surface area contributed by atoms with Crippen LogP contribution < -0.4 is 15.0 Å². The lowest BCUT2D eigenvalue weighted by Gasteiger charge is -2.36. The number of para-hydroxylation sites is 2. The van der Waals surface area contributed by atoms with Gasteiger partial charge >= 0.3 is 0 Å². The number of rotatable bonds is 8. The highest BCUT2D eigenvalue weighted by Gasteiger charge is 2.28. The molecule has 0 aliphatic carbocycles. The molecule has 0 atom stereocenters. The van der Waals surface area contributed by atoms with Gasteiger partial charge in [-0.3, -0.25) is 14.9 Å². The first-order valence-electron chi connectivity index (χ1n) is 9.81. The van der Waals surface area contributed by atoms with Crippen LogP contribution in [0.15, 0.2) is 42.5 Å². The minimum Gasteiger partial charge on any atom is -0.495 e. The fourth-order valence-electron chi connectivity index (χ4n) is 3.42. The number of carbonyl (C=O) groups excluding carboxylic acids is 1. The molecule has 0 unspecified atom stereocenters. The predicted octanol–water partition coefficient (Wildman–Crippen LogP) is 2.14. The Balaban J connectivity index is 1.55. The molecule has 2 aromatic rings. The van der Waals surface area contributed by atoms with E-state index in [1.807, 2.05) is 24.3 Å². The minimum absolute atomic E-state index is 0.0448. The SMILES string of the molecule is COc1ccccc1N1CCN(S(=O)(=O)CCNC(=O)c2cc([N+](=O)[O-])ccc2Cl)CC1. The number of halogens is 1. The lowest BCUT2D eigenvalue weighted by molar-refractivity contribution is -0.384. The van der Waals surface area contributed by atoms with Crippen LogP contribution in [0.25, 0.3) is 0 Å². The van der Waals surface area contributed by atoms with Crippen molar-refractivity contribution >= 4 is 38.9 Å². The van der Waals surface area contributed by atoms with Gasteiger partial charge < -0.3 is 15.0 Å². The predicted molar refractivity (Wildman–Crippen MR) is 121 cm³/mol. The third-order valence-electron chi connectivity index (χ3n) is 5.11. The third-order valence-corrected chi connectivity index (χ3v) is 7.31. The molecule has 1 aliphatic rings. The molecule has 3 rings (SSSR count). The van der Waals surface area contributed by atoms with Crippen molar-refractivity contribution in [1.82, 2.24) is 9.62 Å². The number of amides is 1. The number of hydrogen-bond acceptors (Lipinski definition) is 7. The second-order valence-electron chi connectivity index (χ2n) is 7.05. The van der Waals surface area contributed by atoms with Crippen molar-refractivity contribution in [2.45, 2.75) is 0 Å². The van der Waals surface area contributed by atoms with E-state index < -0.39 is 20.9 Å². The summed E-state index contributed by atoms with van der Waals surface area (Å²) < 4.78 is 32.2. The minimum atomic E-state index is -3.59. The van der Waals surface area contributed by atoms with E-state index in [0.717, 1.165) is 17.5 Å². The molecule has 2 aromatic carbocycles. The molecular formula is C20H23ClN4O6S. The van der Waals surface area contributed by atoms with E-state index in [2.05, 4.69) is 10.2 Å². The summed E-state index contributed by atoms with van der Waals surface area (Å²) in [7, 11) is -2.00. The average Bonchev–Trinajstić information content (AvgIpc) is 2.79. The number of nitrogens with one attached hydrogen (secondary N) is 1. The van der Waals surface area contributed by atoms with Crippen LogP contribution in [0, 0.1) is 10.1 Å². The number of benzene rings is 2. The molecular weight excluding hydrogens is 460 g/mol. The highest BCUT2D eigenvalue weighted by Crippen LogP contribution is 2.28. The molecule has 1 aliphatic heterocycles. The summed E-state index contributed by atoms with van der Waals surface area (Å²) in [6, 6.07) is 11.1. The third kappa shape index (κ3) is 5.47. The van der Waals surface area contributed by atoms with Gasteiger partial charge in [-0.2, -0.15) is 4.31 Å². The van der Waals surface area contributed by atoms with E-state index in [0.29, 0.717) is 26.2 Å². The van der Waals surface area contributed by atoms with Crippen molar-refractivity contribution in [2.24, 2.45) is 0 Å². The Bertz CT molecular complexity index is 1100. The van der Waals surface area contributed by atoms with Crippen LogP contribution in [0.5, 0.6) is 5.75 Å². The number of nitro groups is 1. The molecule has 1 saturated heterocycles. The van der Waals surface area contributed by atoms with Crippen molar-refractivity contribution in [2.75, 3.05) is 50.5 Å². The van der Waals surface area contributed by atoms with E-state index in [-0.39, 0.29) is 28.6 Å². The zero-order valence-corrected chi connectivity index (χ0v) is 18.9. The Hall–Kier alpha value is -2.89. The smallest absolute Gasteiger partial charge is 0.270 e. The molecule has 0 aromatic heterocycles. The van der Waals surface area contributed by atoms with Crippen LogP contribution >= 0.6 is 11.6 Å². The van der Waals surface area contributed by atoms with Crippen LogP contribution in [0.3, 0.4) is 0 Å². The molecule has 12 heteroatoms. The molecule has 1 amide bonds. The fraction of sp³-hybridized carbons (Fsp3) is 0.350. The van der Waals surface area contributed by atoms with Crippen LogP contribution in [-0.2, 0) is 10.0 Å². The van der Waals surface area contributed by atoms with Crippen LogP contribution in [0.2, 0.25) is 5.02 Å². The van der Waals surface area contributed by atoms with Crippen molar-refractivity contribution < 1.29 is 22.9 Å². The van der Waals surface area contributed by atoms with Crippen molar-refractivity contribution in [3.8, 4) is 5.75 Å². The van der Waals surface area contributed by atoms with Crippen molar-refractivity contribution in [3.63, 3.8) is 0 Å². The highest BCUT2D eigenvalue weighted by molar-refractivity contribution is 7.89. The second kappa shape index (κ2) is 10.2. The monoisotopic (exact) mass is 482 g/mol. The van der Waals surface area contributed by atoms with E-state index >= 15 is 0 Å². The Labute approximate surface area is 190 Å². The Morgan fingerprint density at radius 1 is 1.19 bits per heavy atom. The maximum atomic E-state index is 12.7. The topological polar surface area (TPSA) is 122 Å². The summed E-state index contributed by atoms with van der Waals surface area (Å²) in [6.07, 6.45) is 0. The zero-order chi connectivity index (χ0) is 23.3. The van der Waals surface area contributed by atoms with Gasteiger partial charge in [-0.1, -0.05) is 23.7 Å². The summed E-state index contributed by atoms with van der Waals surface area (Å²) in [5, 5.41) is 13.4. The quantitative estimate of drug-likeness (QED) is 0.451. The number of ether oxygens (including phenoxy) is 1. The molecule has 0 radical (unpaired) electrons. The first kappa shape index (κ1) is 23.8. The number of sulfonamides is 1. The number of methoxy groups -OCH3 is 1. The van der Waals surface area contributed by atoms with E-state index in [9.17, 15) is 23.3 Å². The van der Waals surface area contributed by atoms with Crippen LogP contribution in [0.1, 0.15) is 10.4 Å². The Morgan fingerprint density at radius 2 is 1.88 bits per heavy atom. The summed E-state index contributed by atoms with van der Waals surface area (Å²) in [6.45, 7) is 1.49. The van der Waals surface area contributed by atoms with Crippen LogP contribution in [0.4, 0.5) is 11.4 Å². The molecule has 0 bridgehead atoms. The molecule has 10 nitrogen and oxygen atoms in total. The Kier molecular flexibility index (Phi) is 7.54. The van der Waals surface area contributed by atoms with Gasteiger partial charge in [0.2, 0.25) is 10.0 Å². The number of nitrogens with zero attached hydrogens (tertiary/aromatic N) is 3. The number of carbonyl (C=O) groups is 1. The van der Waals surface area contributed by atoms with Gasteiger partial charge in [0.25, 0.3) is 11.6 Å². The largest absolute Gasteiger partial charge is 0.495 e. The average molecular weight is 483 g/mol. The van der Waals surface area contributed by atoms with E-state index in [1.165, 1.54) is 16.4 Å². The molecule has 1 heterocycles. The van der Waals surface area contributed by atoms with E-state index in [1.54, 1.807) is 7.11 Å². The molecule has 1 fully saturated rings. The number of non-ortho nitro benzene ring substituents is 1. The molecule has 172 valence electrons. The highest BCUT2D eigenvalue weighted by atomic mass is 35.5. The lowest BCUT2D eigenvalue weighted by Crippen LogP contribution is -2.50. The maximum absolute atomic E-state index is 12.7. The zero-order valence-electron chi connectivity index (χ0n) is 17.4. The lowest BCUT2D eigenvalue weighted by atomic mass is 10.2. The van der Waals surface area contributed by atoms with Gasteiger partial charge in [-0.25, -0.2) is 8.42 Å². The maximum Gasteiger partial charge on any atom is 0.270 e. The standard InChI is InChI=1S/C20H23ClN4O6S/c1-31-19-5-3-2-4-18(19)23-9-11-24(12-10-23)32(29,30)13-8-22-20(26)16-14-15(25(27)28)6-7-17(16)21/h2-7,14H,8-13H2,1H3,(H,22,26). The molecule has 1 N–H and O–H groups in total. The van der Waals surface area contributed by atoms with Gasteiger partial charge in [0.1, 0.15) is 5.75 Å². The first-order chi connectivity index (χ1) is 15.2. The number of hydrogen-bond donors (Lipinski definition) is 1. The number of nitro benzene ring substituents is 1. The van der Waals surface area contributed by atoms with Crippen molar-refractivity contribution in [3.05, 3.63) is 63.2 Å². The molecule has 0 spiro atoms. The summed E-state index contributed by atoms with van der Waals surface area (Å²) in [5.41, 5.74) is 0.553.